The summed E-state index contributed by atoms with van der Waals surface area (Å²) in [7, 11) is 0. The molecule has 1 heterocycles. The molecule has 0 radical (unpaired) electrons. The quantitative estimate of drug-likeness (QED) is 0.120. The lowest BCUT2D eigenvalue weighted by Crippen LogP contribution is -2.48. The van der Waals surface area contributed by atoms with Crippen molar-refractivity contribution in [2.24, 2.45) is 0 Å². The molecule has 0 unspecified atom stereocenters. The monoisotopic (exact) mass is 586 g/mol. The molecule has 11 heteroatoms. The van der Waals surface area contributed by atoms with Crippen molar-refractivity contribution in [1.29, 1.82) is 0 Å². The summed E-state index contributed by atoms with van der Waals surface area (Å²) >= 11 is 0. The molecule has 2 amide bonds. The van der Waals surface area contributed by atoms with E-state index in [-0.39, 0.29) is 25.3 Å². The number of hydrogen-bond acceptors (Lipinski definition) is 7. The highest BCUT2D eigenvalue weighted by atomic mass is 16.4. The molecule has 0 aliphatic heterocycles. The van der Waals surface area contributed by atoms with Crippen LogP contribution in [0.3, 0.4) is 0 Å². The van der Waals surface area contributed by atoms with Gasteiger partial charge < -0.3 is 25.3 Å². The molecule has 1 aromatic heterocycles. The number of aryl methyl sites for hydroxylation is 1. The van der Waals surface area contributed by atoms with E-state index in [0.29, 0.717) is 29.3 Å². The first-order valence-corrected chi connectivity index (χ1v) is 15.2. The summed E-state index contributed by atoms with van der Waals surface area (Å²) in [4.78, 5) is 46.8. The maximum atomic E-state index is 12.5. The summed E-state index contributed by atoms with van der Waals surface area (Å²) in [5, 5.41) is 30.9. The standard InChI is InChI=1S/C31H46N4O7/c1-23-34-35-30(42-23)25-20-18-24(19-21-25)29(39)32-22-26(31(40)41)33-27(36)16-14-12-10-8-6-4-2-3-5-7-9-11-13-15-17-28(37)38/h18-21,26H,2-17,22H2,1H3,(H,32,39)(H,33,36)(H,37,38)(H,40,41)/t26-/m0/s1. The van der Waals surface area contributed by atoms with Crippen LogP contribution in [-0.2, 0) is 14.4 Å². The van der Waals surface area contributed by atoms with Crippen LogP contribution in [-0.4, -0.2) is 56.7 Å². The lowest BCUT2D eigenvalue weighted by atomic mass is 10.0. The average Bonchev–Trinajstić information content (AvgIpc) is 3.40. The molecule has 0 fully saturated rings. The van der Waals surface area contributed by atoms with Crippen LogP contribution in [0.25, 0.3) is 11.5 Å². The van der Waals surface area contributed by atoms with Crippen LogP contribution < -0.4 is 10.6 Å². The maximum Gasteiger partial charge on any atom is 0.328 e. The Balaban J connectivity index is 1.49. The van der Waals surface area contributed by atoms with Gasteiger partial charge in [-0.25, -0.2) is 4.79 Å². The van der Waals surface area contributed by atoms with Crippen LogP contribution in [0, 0.1) is 6.92 Å². The normalized spacial score (nSPS) is 11.6. The Morgan fingerprint density at radius 1 is 0.738 bits per heavy atom. The number of hydrogen-bond donors (Lipinski definition) is 4. The van der Waals surface area contributed by atoms with Crippen molar-refractivity contribution in [2.45, 2.75) is 116 Å². The van der Waals surface area contributed by atoms with Gasteiger partial charge in [0, 0.05) is 37.4 Å². The van der Waals surface area contributed by atoms with E-state index in [1.165, 1.54) is 44.9 Å². The largest absolute Gasteiger partial charge is 0.481 e. The number of carboxylic acids is 2. The minimum absolute atomic E-state index is 0.225. The zero-order valence-electron chi connectivity index (χ0n) is 24.7. The smallest absolute Gasteiger partial charge is 0.328 e. The number of aromatic nitrogens is 2. The Bertz CT molecular complexity index is 1100. The fraction of sp³-hybridized carbons (Fsp3) is 0.613. The molecule has 1 aromatic carbocycles. The van der Waals surface area contributed by atoms with E-state index in [9.17, 15) is 24.3 Å². The SMILES string of the molecule is Cc1nnc(-c2ccc(C(=O)NC[C@H](NC(=O)CCCCCCCCCCCCCCCCC(=O)O)C(=O)O)cc2)o1. The average molecular weight is 587 g/mol. The van der Waals surface area contributed by atoms with Gasteiger partial charge in [-0.1, -0.05) is 77.0 Å². The molecule has 42 heavy (non-hydrogen) atoms. The number of carbonyl (C=O) groups is 4. The molecule has 4 N–H and O–H groups in total. The van der Waals surface area contributed by atoms with E-state index in [0.717, 1.165) is 38.5 Å². The highest BCUT2D eigenvalue weighted by Gasteiger charge is 2.21. The molecule has 0 saturated heterocycles. The summed E-state index contributed by atoms with van der Waals surface area (Å²) in [6.45, 7) is 1.46. The Morgan fingerprint density at radius 2 is 1.24 bits per heavy atom. The van der Waals surface area contributed by atoms with E-state index < -0.39 is 23.9 Å². The second-order valence-electron chi connectivity index (χ2n) is 10.7. The zero-order valence-corrected chi connectivity index (χ0v) is 24.7. The van der Waals surface area contributed by atoms with Crippen LogP contribution in [0.5, 0.6) is 0 Å². The fourth-order valence-corrected chi connectivity index (χ4v) is 4.62. The summed E-state index contributed by atoms with van der Waals surface area (Å²) < 4.78 is 5.36. The first-order valence-electron chi connectivity index (χ1n) is 15.2. The van der Waals surface area contributed by atoms with E-state index in [2.05, 4.69) is 20.8 Å². The molecular weight excluding hydrogens is 540 g/mol. The van der Waals surface area contributed by atoms with Gasteiger partial charge in [-0.2, -0.15) is 0 Å². The Kier molecular flexibility index (Phi) is 16.5. The van der Waals surface area contributed by atoms with Crippen molar-refractivity contribution in [2.75, 3.05) is 6.54 Å². The lowest BCUT2D eigenvalue weighted by molar-refractivity contribution is -0.141. The second kappa shape index (κ2) is 20.2. The van der Waals surface area contributed by atoms with Crippen LogP contribution in [0.1, 0.15) is 119 Å². The fourth-order valence-electron chi connectivity index (χ4n) is 4.62. The molecule has 232 valence electrons. The third-order valence-corrected chi connectivity index (χ3v) is 7.06. The van der Waals surface area contributed by atoms with Gasteiger partial charge in [-0.15, -0.1) is 10.2 Å². The van der Waals surface area contributed by atoms with Gasteiger partial charge in [0.05, 0.1) is 0 Å². The third kappa shape index (κ3) is 14.7. The number of nitrogens with one attached hydrogen (secondary N) is 2. The molecule has 0 aliphatic rings. The predicted octanol–water partition coefficient (Wildman–Crippen LogP) is 5.67. The Hall–Kier alpha value is -3.76. The van der Waals surface area contributed by atoms with Crippen molar-refractivity contribution in [3.05, 3.63) is 35.7 Å². The molecule has 2 rings (SSSR count). The number of benzene rings is 1. The topological polar surface area (TPSA) is 172 Å². The van der Waals surface area contributed by atoms with Crippen LogP contribution >= 0.6 is 0 Å². The van der Waals surface area contributed by atoms with Gasteiger partial charge in [-0.3, -0.25) is 14.4 Å². The van der Waals surface area contributed by atoms with Crippen molar-refractivity contribution in [3.63, 3.8) is 0 Å². The number of amides is 2. The van der Waals surface area contributed by atoms with E-state index in [4.69, 9.17) is 9.52 Å². The zero-order chi connectivity index (χ0) is 30.6. The maximum absolute atomic E-state index is 12.5. The first-order chi connectivity index (χ1) is 20.3. The van der Waals surface area contributed by atoms with Gasteiger partial charge in [-0.05, 0) is 37.1 Å². The van der Waals surface area contributed by atoms with Gasteiger partial charge in [0.25, 0.3) is 5.91 Å². The summed E-state index contributed by atoms with van der Waals surface area (Å²) in [5.41, 5.74) is 1.00. The number of carboxylic acid groups (broad SMARTS) is 2. The van der Waals surface area contributed by atoms with Crippen molar-refractivity contribution >= 4 is 23.8 Å². The number of rotatable bonds is 23. The first kappa shape index (κ1) is 34.4. The lowest BCUT2D eigenvalue weighted by Gasteiger charge is -2.15. The van der Waals surface area contributed by atoms with Gasteiger partial charge in [0.2, 0.25) is 17.7 Å². The number of unbranched alkanes of at least 4 members (excludes halogenated alkanes) is 13. The molecule has 0 aliphatic carbocycles. The number of carbonyl (C=O) groups excluding carboxylic acids is 2. The second-order valence-corrected chi connectivity index (χ2v) is 10.7. The molecule has 0 spiro atoms. The molecular formula is C31H46N4O7. The minimum Gasteiger partial charge on any atom is -0.481 e. The van der Waals surface area contributed by atoms with E-state index >= 15 is 0 Å². The van der Waals surface area contributed by atoms with Gasteiger partial charge in [0.15, 0.2) is 0 Å². The van der Waals surface area contributed by atoms with Crippen molar-refractivity contribution in [1.82, 2.24) is 20.8 Å². The van der Waals surface area contributed by atoms with Crippen molar-refractivity contribution < 1.29 is 33.8 Å². The van der Waals surface area contributed by atoms with Crippen LogP contribution in [0.4, 0.5) is 0 Å². The minimum atomic E-state index is -1.21. The Morgan fingerprint density at radius 3 is 1.69 bits per heavy atom. The summed E-state index contributed by atoms with van der Waals surface area (Å²) in [5.74, 6) is -1.92. The van der Waals surface area contributed by atoms with Crippen LogP contribution in [0.2, 0.25) is 0 Å². The third-order valence-electron chi connectivity index (χ3n) is 7.06. The van der Waals surface area contributed by atoms with Crippen molar-refractivity contribution in [3.8, 4) is 11.5 Å². The molecule has 0 saturated carbocycles. The predicted molar refractivity (Wildman–Crippen MR) is 158 cm³/mol. The molecule has 2 aromatic rings. The highest BCUT2D eigenvalue weighted by molar-refractivity contribution is 5.95. The Labute approximate surface area is 247 Å². The summed E-state index contributed by atoms with van der Waals surface area (Å²) in [6.07, 6.45) is 15.8. The van der Waals surface area contributed by atoms with E-state index in [1.54, 1.807) is 31.2 Å². The number of nitrogens with zero attached hydrogens (tertiary/aromatic N) is 2. The molecule has 11 nitrogen and oxygen atoms in total. The van der Waals surface area contributed by atoms with Gasteiger partial charge >= 0.3 is 11.9 Å². The molecule has 1 atom stereocenters. The van der Waals surface area contributed by atoms with Crippen LogP contribution in [0.15, 0.2) is 28.7 Å². The van der Waals surface area contributed by atoms with Gasteiger partial charge in [0.1, 0.15) is 6.04 Å². The van der Waals surface area contributed by atoms with E-state index in [1.807, 2.05) is 0 Å². The highest BCUT2D eigenvalue weighted by Crippen LogP contribution is 2.18. The summed E-state index contributed by atoms with van der Waals surface area (Å²) in [6, 6.07) is 5.28. The molecule has 0 bridgehead atoms. The number of aliphatic carboxylic acids is 2.